The second kappa shape index (κ2) is 7.61. The fraction of sp³-hybridized carbons (Fsp3) is 0.235. The van der Waals surface area contributed by atoms with Gasteiger partial charge in [-0.2, -0.15) is 5.10 Å². The molecule has 0 aliphatic carbocycles. The molecule has 1 aromatic carbocycles. The molecule has 4 rings (SSSR count). The fourth-order valence-corrected chi connectivity index (χ4v) is 3.47. The van der Waals surface area contributed by atoms with Crippen LogP contribution in [0.1, 0.15) is 10.4 Å². The van der Waals surface area contributed by atoms with E-state index in [1.807, 2.05) is 18.2 Å². The van der Waals surface area contributed by atoms with E-state index in [-0.39, 0.29) is 5.91 Å². The van der Waals surface area contributed by atoms with Gasteiger partial charge in [0.1, 0.15) is 12.7 Å². The van der Waals surface area contributed by atoms with Crippen LogP contribution in [-0.4, -0.2) is 61.9 Å². The number of carbonyl (C=O) groups excluding carboxylic acids is 1. The highest BCUT2D eigenvalue weighted by Gasteiger charge is 2.24. The zero-order valence-corrected chi connectivity index (χ0v) is 16.5. The molecule has 2 aromatic heterocycles. The lowest BCUT2D eigenvalue weighted by atomic mass is 10.2. The zero-order valence-electron chi connectivity index (χ0n) is 14.2. The van der Waals surface area contributed by atoms with Crippen molar-refractivity contribution in [1.82, 2.24) is 29.9 Å². The molecule has 1 aliphatic rings. The Morgan fingerprint density at radius 2 is 1.78 bits per heavy atom. The van der Waals surface area contributed by atoms with E-state index >= 15 is 0 Å². The maximum Gasteiger partial charge on any atom is 0.255 e. The molecule has 10 heteroatoms. The minimum atomic E-state index is -0.0615. The summed E-state index contributed by atoms with van der Waals surface area (Å²) in [6.07, 6.45) is 3.02. The van der Waals surface area contributed by atoms with Crippen LogP contribution in [0.5, 0.6) is 0 Å². The number of benzene rings is 1. The normalized spacial score (nSPS) is 14.4. The molecule has 1 fully saturated rings. The van der Waals surface area contributed by atoms with Gasteiger partial charge in [-0.3, -0.25) is 4.79 Å². The van der Waals surface area contributed by atoms with E-state index in [4.69, 9.17) is 11.6 Å². The zero-order chi connectivity index (χ0) is 18.8. The topological polar surface area (TPSA) is 80.0 Å². The van der Waals surface area contributed by atoms with Crippen molar-refractivity contribution in [3.8, 4) is 5.82 Å². The predicted molar refractivity (Wildman–Crippen MR) is 104 cm³/mol. The predicted octanol–water partition coefficient (Wildman–Crippen LogP) is 2.44. The second-order valence-electron chi connectivity index (χ2n) is 5.99. The molecule has 0 bridgehead atoms. The van der Waals surface area contributed by atoms with Crippen LogP contribution in [0.4, 0.5) is 5.82 Å². The Morgan fingerprint density at radius 3 is 2.44 bits per heavy atom. The van der Waals surface area contributed by atoms with Gasteiger partial charge in [0, 0.05) is 30.7 Å². The summed E-state index contributed by atoms with van der Waals surface area (Å²) in [4.78, 5) is 20.6. The number of hydrogen-bond acceptors (Lipinski definition) is 6. The largest absolute Gasteiger partial charge is 0.352 e. The number of aromatic nitrogens is 5. The van der Waals surface area contributed by atoms with Gasteiger partial charge in [0.2, 0.25) is 0 Å². The summed E-state index contributed by atoms with van der Waals surface area (Å²) in [7, 11) is 0. The number of piperazine rings is 1. The van der Waals surface area contributed by atoms with E-state index in [0.29, 0.717) is 42.6 Å². The molecular weight excluding hydrogens is 434 g/mol. The second-order valence-corrected chi connectivity index (χ2v) is 7.32. The van der Waals surface area contributed by atoms with Crippen molar-refractivity contribution in [3.63, 3.8) is 0 Å². The van der Waals surface area contributed by atoms with E-state index in [1.54, 1.807) is 28.0 Å². The summed E-state index contributed by atoms with van der Waals surface area (Å²) in [5.41, 5.74) is 0.511. The molecule has 0 spiro atoms. The van der Waals surface area contributed by atoms with E-state index in [2.05, 4.69) is 41.1 Å². The third-order valence-corrected chi connectivity index (χ3v) is 5.16. The maximum absolute atomic E-state index is 12.8. The molecule has 3 aromatic rings. The minimum Gasteiger partial charge on any atom is -0.352 e. The monoisotopic (exact) mass is 447 g/mol. The number of halogens is 2. The maximum atomic E-state index is 12.8. The highest BCUT2D eigenvalue weighted by atomic mass is 79.9. The first kappa shape index (κ1) is 17.9. The third-order valence-electron chi connectivity index (χ3n) is 4.34. The molecule has 8 nitrogen and oxygen atoms in total. The van der Waals surface area contributed by atoms with Gasteiger partial charge >= 0.3 is 0 Å². The highest BCUT2D eigenvalue weighted by molar-refractivity contribution is 9.10. The number of carbonyl (C=O) groups is 1. The highest BCUT2D eigenvalue weighted by Crippen LogP contribution is 2.23. The van der Waals surface area contributed by atoms with Crippen LogP contribution in [0.2, 0.25) is 5.02 Å². The lowest BCUT2D eigenvalue weighted by Gasteiger charge is -2.35. The van der Waals surface area contributed by atoms with Gasteiger partial charge in [-0.1, -0.05) is 27.5 Å². The average molecular weight is 449 g/mol. The van der Waals surface area contributed by atoms with Gasteiger partial charge in [0.15, 0.2) is 11.6 Å². The number of anilines is 1. The lowest BCUT2D eigenvalue weighted by molar-refractivity contribution is 0.0746. The number of hydrogen-bond donors (Lipinski definition) is 0. The first-order valence-corrected chi connectivity index (χ1v) is 9.47. The summed E-state index contributed by atoms with van der Waals surface area (Å²) < 4.78 is 2.38. The van der Waals surface area contributed by atoms with Crippen molar-refractivity contribution in [2.45, 2.75) is 0 Å². The van der Waals surface area contributed by atoms with Crippen LogP contribution in [0.25, 0.3) is 5.82 Å². The van der Waals surface area contributed by atoms with E-state index in [9.17, 15) is 4.79 Å². The Labute approximate surface area is 168 Å². The number of rotatable bonds is 3. The van der Waals surface area contributed by atoms with Gasteiger partial charge in [-0.15, -0.1) is 10.2 Å². The van der Waals surface area contributed by atoms with Gasteiger partial charge in [-0.05, 0) is 30.3 Å². The molecule has 1 saturated heterocycles. The Morgan fingerprint density at radius 1 is 1.04 bits per heavy atom. The van der Waals surface area contributed by atoms with Gasteiger partial charge in [-0.25, -0.2) is 9.67 Å². The average Bonchev–Trinajstić information content (AvgIpc) is 3.24. The third kappa shape index (κ3) is 3.79. The molecule has 1 amide bonds. The summed E-state index contributed by atoms with van der Waals surface area (Å²) in [5, 5.41) is 12.9. The molecule has 138 valence electrons. The Hall–Kier alpha value is -2.52. The molecule has 0 unspecified atom stereocenters. The van der Waals surface area contributed by atoms with E-state index < -0.39 is 0 Å². The molecule has 0 atom stereocenters. The Bertz CT molecular complexity index is 940. The van der Waals surface area contributed by atoms with Crippen molar-refractivity contribution >= 4 is 39.3 Å². The molecule has 1 aliphatic heterocycles. The van der Waals surface area contributed by atoms with Crippen molar-refractivity contribution in [3.05, 3.63) is 58.0 Å². The first-order valence-electron chi connectivity index (χ1n) is 8.30. The molecule has 27 heavy (non-hydrogen) atoms. The smallest absolute Gasteiger partial charge is 0.255 e. The van der Waals surface area contributed by atoms with Gasteiger partial charge < -0.3 is 9.80 Å². The van der Waals surface area contributed by atoms with Crippen molar-refractivity contribution in [2.75, 3.05) is 31.1 Å². The molecule has 0 N–H and O–H groups in total. The van der Waals surface area contributed by atoms with Crippen molar-refractivity contribution in [2.24, 2.45) is 0 Å². The van der Waals surface area contributed by atoms with Crippen LogP contribution in [0, 0.1) is 0 Å². The first-order chi connectivity index (χ1) is 13.1. The minimum absolute atomic E-state index is 0.0615. The van der Waals surface area contributed by atoms with Crippen LogP contribution in [-0.2, 0) is 0 Å². The SMILES string of the molecule is O=C(c1cc(Br)ccc1Cl)N1CCN(c2ccc(-n3cncn3)nn2)CC1. The number of nitrogens with zero attached hydrogens (tertiary/aromatic N) is 7. The van der Waals surface area contributed by atoms with Crippen LogP contribution >= 0.6 is 27.5 Å². The van der Waals surface area contributed by atoms with E-state index in [1.165, 1.54) is 6.33 Å². The summed E-state index contributed by atoms with van der Waals surface area (Å²) in [6, 6.07) is 9.04. The lowest BCUT2D eigenvalue weighted by Crippen LogP contribution is -2.49. The van der Waals surface area contributed by atoms with Crippen LogP contribution in [0.3, 0.4) is 0 Å². The summed E-state index contributed by atoms with van der Waals surface area (Å²) in [6.45, 7) is 2.53. The molecule has 3 heterocycles. The Kier molecular flexibility index (Phi) is 5.04. The quantitative estimate of drug-likeness (QED) is 0.612. The summed E-state index contributed by atoms with van der Waals surface area (Å²) >= 11 is 9.57. The van der Waals surface area contributed by atoms with Gasteiger partial charge in [0.25, 0.3) is 5.91 Å². The van der Waals surface area contributed by atoms with Gasteiger partial charge in [0.05, 0.1) is 10.6 Å². The van der Waals surface area contributed by atoms with E-state index in [0.717, 1.165) is 10.3 Å². The van der Waals surface area contributed by atoms with Crippen LogP contribution < -0.4 is 4.90 Å². The molecule has 0 radical (unpaired) electrons. The molecular formula is C17H15BrClN7O. The summed E-state index contributed by atoms with van der Waals surface area (Å²) in [5.74, 6) is 1.31. The fourth-order valence-electron chi connectivity index (χ4n) is 2.91. The Balaban J connectivity index is 1.41. The molecule has 0 saturated carbocycles. The van der Waals surface area contributed by atoms with Crippen molar-refractivity contribution < 1.29 is 4.79 Å². The van der Waals surface area contributed by atoms with Crippen LogP contribution in [0.15, 0.2) is 47.5 Å². The standard InChI is InChI=1S/C17H15BrClN7O/c18-12-1-2-14(19)13(9-12)17(27)25-7-5-24(6-8-25)15-3-4-16(23-22-15)26-11-20-10-21-26/h1-4,9-11H,5-8H2. The number of amides is 1. The van der Waals surface area contributed by atoms with Crippen molar-refractivity contribution in [1.29, 1.82) is 0 Å².